The molecule has 5 nitrogen and oxygen atoms in total. The third kappa shape index (κ3) is 3.46. The van der Waals surface area contributed by atoms with Crippen molar-refractivity contribution in [3.8, 4) is 0 Å². The highest BCUT2D eigenvalue weighted by Gasteiger charge is 2.36. The number of hydrogen-bond acceptors (Lipinski definition) is 5. The summed E-state index contributed by atoms with van der Waals surface area (Å²) in [5, 5.41) is 8.73. The summed E-state index contributed by atoms with van der Waals surface area (Å²) in [5.74, 6) is -1.20. The van der Waals surface area contributed by atoms with Crippen LogP contribution in [0, 0.1) is 0 Å². The summed E-state index contributed by atoms with van der Waals surface area (Å²) < 4.78 is 43.0. The van der Waals surface area contributed by atoms with Crippen molar-refractivity contribution in [3.63, 3.8) is 0 Å². The molecule has 0 bridgehead atoms. The number of halogens is 4. The number of nitrogens with zero attached hydrogens (tertiary/aromatic N) is 3. The van der Waals surface area contributed by atoms with E-state index in [0.29, 0.717) is 13.2 Å². The standard InChI is InChI=1S/C10H11ClF3N3O2/c11-7-3-8(16-9(15-7)10(12,13)14)17-1-2-19-6(4-17)5-18/h3,6,18H,1-2,4-5H2. The van der Waals surface area contributed by atoms with Crippen molar-refractivity contribution in [2.45, 2.75) is 12.3 Å². The molecule has 1 fully saturated rings. The van der Waals surface area contributed by atoms with Gasteiger partial charge in [0.2, 0.25) is 5.82 Å². The second kappa shape index (κ2) is 5.48. The Morgan fingerprint density at radius 1 is 1.47 bits per heavy atom. The molecule has 1 unspecified atom stereocenters. The number of aromatic nitrogens is 2. The molecule has 1 aliphatic rings. The van der Waals surface area contributed by atoms with E-state index in [2.05, 4.69) is 9.97 Å². The first-order valence-corrected chi connectivity index (χ1v) is 5.87. The molecule has 1 aromatic rings. The predicted octanol–water partition coefficient (Wildman–Crippen LogP) is 1.35. The molecule has 0 spiro atoms. The highest BCUT2D eigenvalue weighted by Crippen LogP contribution is 2.29. The Kier molecular flexibility index (Phi) is 4.12. The van der Waals surface area contributed by atoms with Gasteiger partial charge in [0, 0.05) is 19.2 Å². The molecule has 1 atom stereocenters. The fraction of sp³-hybridized carbons (Fsp3) is 0.600. The summed E-state index contributed by atoms with van der Waals surface area (Å²) >= 11 is 5.59. The molecule has 2 rings (SSSR count). The molecule has 0 aliphatic carbocycles. The number of morpholine rings is 1. The fourth-order valence-corrected chi connectivity index (χ4v) is 1.91. The Balaban J connectivity index is 2.26. The van der Waals surface area contributed by atoms with Gasteiger partial charge in [0.1, 0.15) is 11.0 Å². The van der Waals surface area contributed by atoms with Crippen LogP contribution in [0.4, 0.5) is 19.0 Å². The van der Waals surface area contributed by atoms with E-state index in [1.165, 1.54) is 6.07 Å². The number of rotatable bonds is 2. The average Bonchev–Trinajstić information content (AvgIpc) is 2.37. The van der Waals surface area contributed by atoms with Gasteiger partial charge in [0.15, 0.2) is 0 Å². The third-order valence-corrected chi connectivity index (χ3v) is 2.79. The molecule has 19 heavy (non-hydrogen) atoms. The topological polar surface area (TPSA) is 58.5 Å². The summed E-state index contributed by atoms with van der Waals surface area (Å²) in [6.45, 7) is 0.720. The Hall–Kier alpha value is -1.12. The van der Waals surface area contributed by atoms with Crippen LogP contribution in [0.2, 0.25) is 5.15 Å². The summed E-state index contributed by atoms with van der Waals surface area (Å²) in [5.41, 5.74) is 0. The SMILES string of the molecule is OCC1CN(c2cc(Cl)nc(C(F)(F)F)n2)CCO1. The lowest BCUT2D eigenvalue weighted by molar-refractivity contribution is -0.144. The molecule has 2 heterocycles. The number of alkyl halides is 3. The van der Waals surface area contributed by atoms with Gasteiger partial charge in [-0.1, -0.05) is 11.6 Å². The highest BCUT2D eigenvalue weighted by molar-refractivity contribution is 6.29. The van der Waals surface area contributed by atoms with E-state index in [4.69, 9.17) is 21.4 Å². The number of anilines is 1. The van der Waals surface area contributed by atoms with Crippen molar-refractivity contribution >= 4 is 17.4 Å². The van der Waals surface area contributed by atoms with Crippen LogP contribution in [0.25, 0.3) is 0 Å². The molecule has 0 radical (unpaired) electrons. The first-order chi connectivity index (χ1) is 8.90. The average molecular weight is 298 g/mol. The van der Waals surface area contributed by atoms with Crippen molar-refractivity contribution in [2.24, 2.45) is 0 Å². The normalized spacial score (nSPS) is 20.7. The molecule has 1 N–H and O–H groups in total. The van der Waals surface area contributed by atoms with E-state index in [9.17, 15) is 13.2 Å². The smallest absolute Gasteiger partial charge is 0.394 e. The van der Waals surface area contributed by atoms with Crippen LogP contribution in [0.3, 0.4) is 0 Å². The Morgan fingerprint density at radius 3 is 2.84 bits per heavy atom. The lowest BCUT2D eigenvalue weighted by Crippen LogP contribution is -2.44. The van der Waals surface area contributed by atoms with Gasteiger partial charge in [-0.25, -0.2) is 9.97 Å². The number of hydrogen-bond donors (Lipinski definition) is 1. The van der Waals surface area contributed by atoms with Crippen LogP contribution in [-0.4, -0.2) is 47.5 Å². The quantitative estimate of drug-likeness (QED) is 0.835. The molecular weight excluding hydrogens is 287 g/mol. The van der Waals surface area contributed by atoms with Crippen LogP contribution < -0.4 is 4.90 Å². The van der Waals surface area contributed by atoms with Crippen LogP contribution in [0.5, 0.6) is 0 Å². The van der Waals surface area contributed by atoms with E-state index in [1.807, 2.05) is 0 Å². The van der Waals surface area contributed by atoms with Gasteiger partial charge >= 0.3 is 6.18 Å². The summed E-state index contributed by atoms with van der Waals surface area (Å²) in [7, 11) is 0. The zero-order chi connectivity index (χ0) is 14.0. The first-order valence-electron chi connectivity index (χ1n) is 5.49. The van der Waals surface area contributed by atoms with Gasteiger partial charge in [0.25, 0.3) is 0 Å². The van der Waals surface area contributed by atoms with Gasteiger partial charge in [-0.05, 0) is 0 Å². The monoisotopic (exact) mass is 297 g/mol. The molecule has 9 heteroatoms. The minimum Gasteiger partial charge on any atom is -0.394 e. The largest absolute Gasteiger partial charge is 0.451 e. The first kappa shape index (κ1) is 14.3. The minimum absolute atomic E-state index is 0.0778. The van der Waals surface area contributed by atoms with E-state index >= 15 is 0 Å². The van der Waals surface area contributed by atoms with E-state index in [1.54, 1.807) is 4.90 Å². The van der Waals surface area contributed by atoms with Crippen molar-refractivity contribution in [1.29, 1.82) is 0 Å². The summed E-state index contributed by atoms with van der Waals surface area (Å²) in [6, 6.07) is 1.26. The zero-order valence-corrected chi connectivity index (χ0v) is 10.4. The highest BCUT2D eigenvalue weighted by atomic mass is 35.5. The second-order valence-corrected chi connectivity index (χ2v) is 4.38. The van der Waals surface area contributed by atoms with Crippen molar-refractivity contribution in [2.75, 3.05) is 31.2 Å². The zero-order valence-electron chi connectivity index (χ0n) is 9.69. The molecule has 0 saturated carbocycles. The van der Waals surface area contributed by atoms with Crippen molar-refractivity contribution < 1.29 is 23.0 Å². The Labute approximate surface area is 112 Å². The fourth-order valence-electron chi connectivity index (χ4n) is 1.73. The van der Waals surface area contributed by atoms with Gasteiger partial charge in [-0.15, -0.1) is 0 Å². The summed E-state index contributed by atoms with van der Waals surface area (Å²) in [6.07, 6.45) is -5.10. The van der Waals surface area contributed by atoms with Crippen molar-refractivity contribution in [1.82, 2.24) is 9.97 Å². The number of aliphatic hydroxyl groups is 1. The third-order valence-electron chi connectivity index (χ3n) is 2.60. The molecule has 1 aliphatic heterocycles. The molecule has 1 aromatic heterocycles. The Bertz CT molecular complexity index is 458. The number of aliphatic hydroxyl groups excluding tert-OH is 1. The molecular formula is C10H11ClF3N3O2. The summed E-state index contributed by atoms with van der Waals surface area (Å²) in [4.78, 5) is 8.20. The lowest BCUT2D eigenvalue weighted by atomic mass is 10.3. The minimum atomic E-state index is -4.65. The lowest BCUT2D eigenvalue weighted by Gasteiger charge is -2.33. The van der Waals surface area contributed by atoms with Crippen LogP contribution in [0.15, 0.2) is 6.07 Å². The van der Waals surface area contributed by atoms with Crippen LogP contribution in [-0.2, 0) is 10.9 Å². The van der Waals surface area contributed by atoms with E-state index in [0.717, 1.165) is 0 Å². The maximum atomic E-state index is 12.6. The number of ether oxygens (including phenoxy) is 1. The van der Waals surface area contributed by atoms with Crippen LogP contribution >= 0.6 is 11.6 Å². The maximum absolute atomic E-state index is 12.6. The Morgan fingerprint density at radius 2 is 2.21 bits per heavy atom. The van der Waals surface area contributed by atoms with Gasteiger partial charge in [-0.2, -0.15) is 13.2 Å². The van der Waals surface area contributed by atoms with Gasteiger partial charge < -0.3 is 14.7 Å². The molecule has 1 saturated heterocycles. The van der Waals surface area contributed by atoms with Crippen LogP contribution in [0.1, 0.15) is 5.82 Å². The molecule has 0 amide bonds. The maximum Gasteiger partial charge on any atom is 0.451 e. The van der Waals surface area contributed by atoms with Gasteiger partial charge in [0.05, 0.1) is 19.3 Å². The van der Waals surface area contributed by atoms with E-state index < -0.39 is 18.1 Å². The second-order valence-electron chi connectivity index (χ2n) is 3.99. The van der Waals surface area contributed by atoms with E-state index in [-0.39, 0.29) is 24.1 Å². The predicted molar refractivity (Wildman–Crippen MR) is 61.1 cm³/mol. The molecule has 0 aromatic carbocycles. The van der Waals surface area contributed by atoms with Gasteiger partial charge in [-0.3, -0.25) is 0 Å². The molecule has 106 valence electrons. The van der Waals surface area contributed by atoms with Crippen molar-refractivity contribution in [3.05, 3.63) is 17.0 Å².